The number of likely N-dealkylation sites (tertiary alicyclic amines) is 1. The normalized spacial score (nSPS) is 17.2. The summed E-state index contributed by atoms with van der Waals surface area (Å²) in [5.41, 5.74) is 9.04. The standard InChI is InChI=1S/C34H45N9O3S/c1-24(45)37-28-8-6-26(7-9-28)32-29(22-35)33(36)40-34(39-32)47(2)30-5-3-4-27(38-30)10-11-31(46)43-18-16-42(17-19-43)23-25-12-14-41(15-13-25)20-21-44/h3-9,25,44,47H,10-21,23H2,1-2H3,(H,37,45)(H2,36,39,40). The van der Waals surface area contributed by atoms with E-state index in [0.717, 1.165) is 63.1 Å². The maximum Gasteiger partial charge on any atom is 0.223 e. The molecule has 4 N–H and O–H groups in total. The van der Waals surface area contributed by atoms with E-state index in [-0.39, 0.29) is 29.8 Å². The van der Waals surface area contributed by atoms with Crippen LogP contribution in [0.2, 0.25) is 0 Å². The Kier molecular flexibility index (Phi) is 11.8. The molecule has 2 amide bonds. The van der Waals surface area contributed by atoms with Gasteiger partial charge in [-0.05, 0) is 68.8 Å². The Hall–Kier alpha value is -4.09. The van der Waals surface area contributed by atoms with E-state index in [0.29, 0.717) is 40.9 Å². The third-order valence-electron chi connectivity index (χ3n) is 8.91. The number of pyridine rings is 1. The Morgan fingerprint density at radius 2 is 1.74 bits per heavy atom. The molecule has 0 bridgehead atoms. The molecule has 0 saturated carbocycles. The number of piperazine rings is 1. The fraction of sp³-hybridized carbons (Fsp3) is 0.471. The van der Waals surface area contributed by atoms with Gasteiger partial charge in [0, 0.05) is 69.6 Å². The number of anilines is 2. The fourth-order valence-corrected chi connectivity index (χ4v) is 7.52. The lowest BCUT2D eigenvalue weighted by atomic mass is 9.96. The Morgan fingerprint density at radius 3 is 2.40 bits per heavy atom. The third kappa shape index (κ3) is 9.04. The summed E-state index contributed by atoms with van der Waals surface area (Å²) in [6.45, 7) is 8.98. The maximum absolute atomic E-state index is 13.1. The van der Waals surface area contributed by atoms with Gasteiger partial charge < -0.3 is 26.0 Å². The first-order valence-electron chi connectivity index (χ1n) is 16.2. The average Bonchev–Trinajstić information content (AvgIpc) is 3.08. The molecule has 0 radical (unpaired) electrons. The van der Waals surface area contributed by atoms with Gasteiger partial charge in [-0.3, -0.25) is 14.5 Å². The Balaban J connectivity index is 1.16. The molecule has 12 nitrogen and oxygen atoms in total. The fourth-order valence-electron chi connectivity index (χ4n) is 6.22. The van der Waals surface area contributed by atoms with Crippen LogP contribution in [0.4, 0.5) is 11.5 Å². The van der Waals surface area contributed by atoms with Crippen LogP contribution in [0, 0.1) is 17.2 Å². The number of rotatable bonds is 11. The van der Waals surface area contributed by atoms with Gasteiger partial charge >= 0.3 is 0 Å². The molecule has 2 aliphatic rings. The monoisotopic (exact) mass is 659 g/mol. The molecule has 1 atom stereocenters. The van der Waals surface area contributed by atoms with Crippen molar-refractivity contribution in [2.24, 2.45) is 5.92 Å². The number of thiol groups is 1. The van der Waals surface area contributed by atoms with Gasteiger partial charge in [0.25, 0.3) is 0 Å². The number of aryl methyl sites for hydroxylation is 1. The number of nitrogens with one attached hydrogen (secondary N) is 1. The predicted molar refractivity (Wildman–Crippen MR) is 184 cm³/mol. The number of hydrogen-bond acceptors (Lipinski definition) is 10. The number of β-amino-alcohol motifs (C(OH)–C–C–N with tert-alkyl or cyclic N) is 1. The van der Waals surface area contributed by atoms with Gasteiger partial charge in [-0.2, -0.15) is 16.2 Å². The van der Waals surface area contributed by atoms with Crippen molar-refractivity contribution in [3.63, 3.8) is 0 Å². The van der Waals surface area contributed by atoms with Gasteiger partial charge in [-0.15, -0.1) is 0 Å². The molecule has 0 aliphatic carbocycles. The van der Waals surface area contributed by atoms with Crippen LogP contribution in [0.25, 0.3) is 11.3 Å². The van der Waals surface area contributed by atoms with Crippen LogP contribution < -0.4 is 11.1 Å². The minimum absolute atomic E-state index is 0.109. The van der Waals surface area contributed by atoms with Gasteiger partial charge in [0.15, 0.2) is 5.16 Å². The SMILES string of the molecule is CC(=O)Nc1ccc(-c2nc([SH](C)c3cccc(CCC(=O)N4CCN(CC5CCN(CCO)CC5)CC4)n3)nc(N)c2C#N)cc1. The molecular weight excluding hydrogens is 615 g/mol. The number of amides is 2. The van der Waals surface area contributed by atoms with E-state index in [2.05, 4.69) is 26.2 Å². The number of hydrogen-bond donors (Lipinski definition) is 4. The van der Waals surface area contributed by atoms with Crippen molar-refractivity contribution in [1.82, 2.24) is 29.7 Å². The van der Waals surface area contributed by atoms with Crippen molar-refractivity contribution in [3.8, 4) is 17.3 Å². The summed E-state index contributed by atoms with van der Waals surface area (Å²) in [4.78, 5) is 45.5. The number of nitrogens with zero attached hydrogens (tertiary/aromatic N) is 7. The number of nitrogens with two attached hydrogens (primary N) is 1. The largest absolute Gasteiger partial charge is 0.395 e. The second-order valence-electron chi connectivity index (χ2n) is 12.2. The van der Waals surface area contributed by atoms with Crippen LogP contribution in [0.5, 0.6) is 0 Å². The van der Waals surface area contributed by atoms with E-state index in [9.17, 15) is 20.0 Å². The Labute approximate surface area is 279 Å². The number of carbonyl (C=O) groups is 2. The predicted octanol–water partition coefficient (Wildman–Crippen LogP) is 2.78. The highest BCUT2D eigenvalue weighted by Gasteiger charge is 2.25. The second-order valence-corrected chi connectivity index (χ2v) is 14.2. The van der Waals surface area contributed by atoms with Crippen LogP contribution in [0.1, 0.15) is 37.4 Å². The summed E-state index contributed by atoms with van der Waals surface area (Å²) in [6, 6.07) is 15.0. The molecule has 2 fully saturated rings. The summed E-state index contributed by atoms with van der Waals surface area (Å²) in [5, 5.41) is 23.0. The van der Waals surface area contributed by atoms with E-state index in [1.54, 1.807) is 24.3 Å². The maximum atomic E-state index is 13.1. The summed E-state index contributed by atoms with van der Waals surface area (Å²) in [5.74, 6) is 0.787. The number of aliphatic hydroxyl groups is 1. The van der Waals surface area contributed by atoms with Gasteiger partial charge in [0.2, 0.25) is 11.8 Å². The molecule has 1 aromatic carbocycles. The van der Waals surface area contributed by atoms with E-state index < -0.39 is 10.9 Å². The van der Waals surface area contributed by atoms with Crippen LogP contribution in [-0.4, -0.2) is 112 Å². The van der Waals surface area contributed by atoms with Crippen molar-refractivity contribution in [3.05, 3.63) is 53.7 Å². The average molecular weight is 660 g/mol. The summed E-state index contributed by atoms with van der Waals surface area (Å²) in [7, 11) is -1.10. The molecule has 47 heavy (non-hydrogen) atoms. The van der Waals surface area contributed by atoms with Crippen LogP contribution in [0.15, 0.2) is 52.6 Å². The topological polar surface area (TPSA) is 165 Å². The summed E-state index contributed by atoms with van der Waals surface area (Å²) >= 11 is 0. The van der Waals surface area contributed by atoms with Gasteiger partial charge in [-0.1, -0.05) is 18.2 Å². The minimum atomic E-state index is -1.10. The van der Waals surface area contributed by atoms with Crippen molar-refractivity contribution in [2.75, 3.05) is 76.3 Å². The zero-order chi connectivity index (χ0) is 33.3. The lowest BCUT2D eigenvalue weighted by Gasteiger charge is -2.38. The molecule has 0 spiro atoms. The minimum Gasteiger partial charge on any atom is -0.395 e. The lowest BCUT2D eigenvalue weighted by Crippen LogP contribution is -2.50. The van der Waals surface area contributed by atoms with Gasteiger partial charge in [-0.25, -0.2) is 15.0 Å². The molecule has 3 aromatic rings. The molecule has 5 rings (SSSR count). The first kappa shape index (κ1) is 34.3. The Morgan fingerprint density at radius 1 is 1.02 bits per heavy atom. The van der Waals surface area contributed by atoms with Gasteiger partial charge in [0.1, 0.15) is 17.5 Å². The number of piperidine rings is 1. The second kappa shape index (κ2) is 16.1. The zero-order valence-electron chi connectivity index (χ0n) is 27.2. The first-order chi connectivity index (χ1) is 22.7. The molecule has 2 aromatic heterocycles. The van der Waals surface area contributed by atoms with E-state index in [1.807, 2.05) is 29.4 Å². The molecule has 2 saturated heterocycles. The number of carbonyl (C=O) groups excluding carboxylic acids is 2. The van der Waals surface area contributed by atoms with Crippen molar-refractivity contribution >= 4 is 34.2 Å². The summed E-state index contributed by atoms with van der Waals surface area (Å²) in [6.07, 6.45) is 5.30. The number of aliphatic hydroxyl groups excluding tert-OH is 1. The molecule has 4 heterocycles. The van der Waals surface area contributed by atoms with Crippen LogP contribution in [0.3, 0.4) is 0 Å². The smallest absolute Gasteiger partial charge is 0.223 e. The number of benzene rings is 1. The molecule has 250 valence electrons. The lowest BCUT2D eigenvalue weighted by molar-refractivity contribution is -0.133. The molecular formula is C34H45N9O3S. The van der Waals surface area contributed by atoms with E-state index >= 15 is 0 Å². The molecule has 13 heteroatoms. The first-order valence-corrected chi connectivity index (χ1v) is 18.0. The van der Waals surface area contributed by atoms with Crippen molar-refractivity contribution in [1.29, 1.82) is 5.26 Å². The number of nitrogen functional groups attached to an aromatic ring is 1. The van der Waals surface area contributed by atoms with E-state index in [1.165, 1.54) is 19.8 Å². The highest BCUT2D eigenvalue weighted by molar-refractivity contribution is 8.16. The quantitative estimate of drug-likeness (QED) is 0.178. The molecule has 1 unspecified atom stereocenters. The van der Waals surface area contributed by atoms with E-state index in [4.69, 9.17) is 15.7 Å². The van der Waals surface area contributed by atoms with Gasteiger partial charge in [0.05, 0.1) is 17.3 Å². The van der Waals surface area contributed by atoms with Crippen LogP contribution in [-0.2, 0) is 16.0 Å². The number of nitriles is 1. The van der Waals surface area contributed by atoms with Crippen LogP contribution >= 0.6 is 10.9 Å². The molecule has 2 aliphatic heterocycles. The number of aromatic nitrogens is 3. The van der Waals surface area contributed by atoms with Crippen molar-refractivity contribution in [2.45, 2.75) is 42.8 Å². The highest BCUT2D eigenvalue weighted by atomic mass is 32.2. The highest BCUT2D eigenvalue weighted by Crippen LogP contribution is 2.40. The third-order valence-corrected chi connectivity index (χ3v) is 10.6. The summed E-state index contributed by atoms with van der Waals surface area (Å²) < 4.78 is 0. The Bertz CT molecular complexity index is 1580. The zero-order valence-corrected chi connectivity index (χ0v) is 28.1. The van der Waals surface area contributed by atoms with Crippen molar-refractivity contribution < 1.29 is 14.7 Å².